The largest absolute Gasteiger partial charge is 0.325 e. The molecular weight excluding hydrogens is 344 g/mol. The number of nitrogens with one attached hydrogen (secondary N) is 2. The summed E-state index contributed by atoms with van der Waals surface area (Å²) in [5.74, 6) is 0. The molecule has 2 N–H and O–H groups in total. The SMILES string of the molecule is O=C(Nc1nc2ccccc2s1)NC(c1ccccc1)c1ccccn1. The number of amides is 2. The van der Waals surface area contributed by atoms with Gasteiger partial charge in [-0.05, 0) is 29.8 Å². The van der Waals surface area contributed by atoms with E-state index in [1.54, 1.807) is 6.20 Å². The van der Waals surface area contributed by atoms with Gasteiger partial charge < -0.3 is 5.32 Å². The van der Waals surface area contributed by atoms with Gasteiger partial charge in [0.15, 0.2) is 5.13 Å². The quantitative estimate of drug-likeness (QED) is 0.559. The van der Waals surface area contributed by atoms with Crippen LogP contribution in [0.5, 0.6) is 0 Å². The molecular formula is C20H16N4OS. The summed E-state index contributed by atoms with van der Waals surface area (Å²) in [5, 5.41) is 6.39. The van der Waals surface area contributed by atoms with Gasteiger partial charge in [-0.15, -0.1) is 0 Å². The van der Waals surface area contributed by atoms with Crippen LogP contribution >= 0.6 is 11.3 Å². The van der Waals surface area contributed by atoms with Gasteiger partial charge in [0.2, 0.25) is 0 Å². The highest BCUT2D eigenvalue weighted by Gasteiger charge is 2.18. The van der Waals surface area contributed by atoms with E-state index in [9.17, 15) is 4.79 Å². The Morgan fingerprint density at radius 3 is 2.46 bits per heavy atom. The minimum absolute atomic E-state index is 0.316. The number of rotatable bonds is 4. The third-order valence-electron chi connectivity index (χ3n) is 3.91. The molecule has 2 heterocycles. The van der Waals surface area contributed by atoms with Gasteiger partial charge >= 0.3 is 6.03 Å². The summed E-state index contributed by atoms with van der Waals surface area (Å²) in [6.07, 6.45) is 1.72. The number of urea groups is 1. The van der Waals surface area contributed by atoms with E-state index in [4.69, 9.17) is 0 Å². The van der Waals surface area contributed by atoms with Crippen LogP contribution < -0.4 is 10.6 Å². The van der Waals surface area contributed by atoms with Crippen molar-refractivity contribution in [3.63, 3.8) is 0 Å². The highest BCUT2D eigenvalue weighted by atomic mass is 32.1. The number of pyridine rings is 1. The second kappa shape index (κ2) is 7.33. The molecule has 1 unspecified atom stereocenters. The summed E-state index contributed by atoms with van der Waals surface area (Å²) < 4.78 is 1.03. The molecule has 4 rings (SSSR count). The van der Waals surface area contributed by atoms with Crippen molar-refractivity contribution < 1.29 is 4.79 Å². The number of carbonyl (C=O) groups is 1. The molecule has 6 heteroatoms. The fourth-order valence-electron chi connectivity index (χ4n) is 2.71. The van der Waals surface area contributed by atoms with Crippen molar-refractivity contribution in [2.24, 2.45) is 0 Å². The van der Waals surface area contributed by atoms with Crippen LogP contribution in [0.15, 0.2) is 79.0 Å². The first-order valence-electron chi connectivity index (χ1n) is 8.18. The van der Waals surface area contributed by atoms with Gasteiger partial charge in [0, 0.05) is 6.20 Å². The van der Waals surface area contributed by atoms with Gasteiger partial charge in [0.25, 0.3) is 0 Å². The van der Waals surface area contributed by atoms with Crippen molar-refractivity contribution >= 4 is 32.7 Å². The molecule has 0 aliphatic heterocycles. The summed E-state index contributed by atoms with van der Waals surface area (Å²) in [4.78, 5) is 21.4. The van der Waals surface area contributed by atoms with Crippen molar-refractivity contribution in [3.05, 3.63) is 90.3 Å². The number of carbonyl (C=O) groups excluding carboxylic acids is 1. The van der Waals surface area contributed by atoms with E-state index in [0.29, 0.717) is 5.13 Å². The van der Waals surface area contributed by atoms with Crippen molar-refractivity contribution in [3.8, 4) is 0 Å². The molecule has 0 bridgehead atoms. The van der Waals surface area contributed by atoms with Gasteiger partial charge in [0.05, 0.1) is 22.0 Å². The van der Waals surface area contributed by atoms with Crippen molar-refractivity contribution in [1.29, 1.82) is 0 Å². The summed E-state index contributed by atoms with van der Waals surface area (Å²) in [6.45, 7) is 0. The summed E-state index contributed by atoms with van der Waals surface area (Å²) >= 11 is 1.45. The molecule has 5 nitrogen and oxygen atoms in total. The maximum atomic E-state index is 12.6. The molecule has 26 heavy (non-hydrogen) atoms. The lowest BCUT2D eigenvalue weighted by Gasteiger charge is -2.18. The minimum atomic E-state index is -0.341. The van der Waals surface area contributed by atoms with Crippen molar-refractivity contribution in [2.75, 3.05) is 5.32 Å². The second-order valence-electron chi connectivity index (χ2n) is 5.68. The number of anilines is 1. The molecule has 0 fully saturated rings. The second-order valence-corrected chi connectivity index (χ2v) is 6.71. The number of nitrogens with zero attached hydrogens (tertiary/aromatic N) is 2. The standard InChI is InChI=1S/C20H16N4OS/c25-19(24-20-22-15-10-4-5-12-17(15)26-20)23-18(14-8-2-1-3-9-14)16-11-6-7-13-21-16/h1-13,18H,(H2,22,23,24,25). The molecule has 1 atom stereocenters. The molecule has 0 radical (unpaired) electrons. The normalized spacial score (nSPS) is 11.8. The first kappa shape index (κ1) is 16.2. The number of benzene rings is 2. The van der Waals surface area contributed by atoms with Crippen LogP contribution in [0, 0.1) is 0 Å². The van der Waals surface area contributed by atoms with Crippen LogP contribution in [0.3, 0.4) is 0 Å². The first-order valence-corrected chi connectivity index (χ1v) is 9.00. The molecule has 128 valence electrons. The van der Waals surface area contributed by atoms with E-state index < -0.39 is 0 Å². The Labute approximate surface area is 154 Å². The van der Waals surface area contributed by atoms with Crippen molar-refractivity contribution in [2.45, 2.75) is 6.04 Å². The lowest BCUT2D eigenvalue weighted by Crippen LogP contribution is -2.33. The molecule has 4 aromatic rings. The predicted octanol–water partition coefficient (Wildman–Crippen LogP) is 4.60. The summed E-state index contributed by atoms with van der Waals surface area (Å²) in [5.41, 5.74) is 2.61. The van der Waals surface area contributed by atoms with Crippen LogP contribution in [0.4, 0.5) is 9.93 Å². The van der Waals surface area contributed by atoms with E-state index >= 15 is 0 Å². The molecule has 2 amide bonds. The van der Waals surface area contributed by atoms with Crippen LogP contribution in [0.1, 0.15) is 17.3 Å². The Hall–Kier alpha value is -3.25. The lowest BCUT2D eigenvalue weighted by molar-refractivity contribution is 0.250. The third kappa shape index (κ3) is 3.55. The molecule has 0 saturated heterocycles. The van der Waals surface area contributed by atoms with Gasteiger partial charge in [-0.1, -0.05) is 59.9 Å². The van der Waals surface area contributed by atoms with E-state index in [1.165, 1.54) is 11.3 Å². The fraction of sp³-hybridized carbons (Fsp3) is 0.0500. The highest BCUT2D eigenvalue weighted by molar-refractivity contribution is 7.22. The zero-order valence-electron chi connectivity index (χ0n) is 13.8. The highest BCUT2D eigenvalue weighted by Crippen LogP contribution is 2.26. The predicted molar refractivity (Wildman–Crippen MR) is 104 cm³/mol. The monoisotopic (exact) mass is 360 g/mol. The number of thiazole rings is 1. The molecule has 0 spiro atoms. The number of fused-ring (bicyclic) bond motifs is 1. The van der Waals surface area contributed by atoms with Crippen LogP contribution in [-0.4, -0.2) is 16.0 Å². The van der Waals surface area contributed by atoms with Gasteiger partial charge in [-0.3, -0.25) is 10.3 Å². The molecule has 2 aromatic heterocycles. The number of aromatic nitrogens is 2. The molecule has 0 aliphatic rings. The Balaban J connectivity index is 1.56. The van der Waals surface area contributed by atoms with E-state index in [0.717, 1.165) is 21.5 Å². The summed E-state index contributed by atoms with van der Waals surface area (Å²) in [6, 6.07) is 22.6. The zero-order valence-corrected chi connectivity index (χ0v) is 14.6. The number of hydrogen-bond acceptors (Lipinski definition) is 4. The third-order valence-corrected chi connectivity index (χ3v) is 4.86. The first-order chi connectivity index (χ1) is 12.8. The van der Waals surface area contributed by atoms with Gasteiger partial charge in [0.1, 0.15) is 0 Å². The Morgan fingerprint density at radius 1 is 0.923 bits per heavy atom. The average Bonchev–Trinajstić information content (AvgIpc) is 3.09. The fourth-order valence-corrected chi connectivity index (χ4v) is 3.57. The molecule has 0 saturated carbocycles. The van der Waals surface area contributed by atoms with E-state index in [2.05, 4.69) is 20.6 Å². The average molecular weight is 360 g/mol. The summed E-state index contributed by atoms with van der Waals surface area (Å²) in [7, 11) is 0. The smallest absolute Gasteiger partial charge is 0.321 e. The minimum Gasteiger partial charge on any atom is -0.325 e. The number of para-hydroxylation sites is 1. The van der Waals surface area contributed by atoms with Crippen LogP contribution in [0.2, 0.25) is 0 Å². The Morgan fingerprint density at radius 2 is 1.69 bits per heavy atom. The topological polar surface area (TPSA) is 66.9 Å². The van der Waals surface area contributed by atoms with E-state index in [-0.39, 0.29) is 12.1 Å². The number of hydrogen-bond donors (Lipinski definition) is 2. The zero-order chi connectivity index (χ0) is 17.8. The molecule has 0 aliphatic carbocycles. The van der Waals surface area contributed by atoms with E-state index in [1.807, 2.05) is 72.8 Å². The maximum absolute atomic E-state index is 12.6. The Kier molecular flexibility index (Phi) is 4.57. The molecule has 2 aromatic carbocycles. The van der Waals surface area contributed by atoms with Crippen molar-refractivity contribution in [1.82, 2.24) is 15.3 Å². The lowest BCUT2D eigenvalue weighted by atomic mass is 10.0. The maximum Gasteiger partial charge on any atom is 0.321 e. The van der Waals surface area contributed by atoms with Gasteiger partial charge in [-0.25, -0.2) is 9.78 Å². The van der Waals surface area contributed by atoms with Crippen LogP contribution in [-0.2, 0) is 0 Å². The Bertz CT molecular complexity index is 945. The van der Waals surface area contributed by atoms with Gasteiger partial charge in [-0.2, -0.15) is 0 Å². The van der Waals surface area contributed by atoms with Crippen LogP contribution in [0.25, 0.3) is 10.2 Å².